The Balaban J connectivity index is 1.60. The summed E-state index contributed by atoms with van der Waals surface area (Å²) in [6, 6.07) is 26.4. The number of carbonyl (C=O) groups excluding carboxylic acids is 1. The lowest BCUT2D eigenvalue weighted by Gasteiger charge is -2.10. The quantitative estimate of drug-likeness (QED) is 0.335. The fourth-order valence-corrected chi connectivity index (χ4v) is 4.29. The van der Waals surface area contributed by atoms with Gasteiger partial charge in [0.2, 0.25) is 0 Å². The Bertz CT molecular complexity index is 1590. The highest BCUT2D eigenvalue weighted by molar-refractivity contribution is 9.10. The lowest BCUT2D eigenvalue weighted by molar-refractivity contribution is 0.102. The van der Waals surface area contributed by atoms with Gasteiger partial charge < -0.3 is 5.32 Å². The monoisotopic (exact) mass is 512 g/mol. The van der Waals surface area contributed by atoms with Crippen LogP contribution >= 0.6 is 15.9 Å². The Hall–Kier alpha value is -3.97. The number of rotatable bonds is 4. The maximum Gasteiger partial charge on any atom is 0.295 e. The van der Waals surface area contributed by atoms with Crippen molar-refractivity contribution in [1.29, 1.82) is 0 Å². The molecular weight excluding hydrogens is 492 g/mol. The molecule has 5 rings (SSSR count). The summed E-state index contributed by atoms with van der Waals surface area (Å²) in [5.41, 5.74) is 4.10. The number of amides is 1. The minimum absolute atomic E-state index is 0.252. The molecule has 7 heteroatoms. The highest BCUT2D eigenvalue weighted by Crippen LogP contribution is 2.27. The van der Waals surface area contributed by atoms with Gasteiger partial charge in [-0.25, -0.2) is 9.67 Å². The van der Waals surface area contributed by atoms with Crippen LogP contribution in [0, 0.1) is 6.92 Å². The van der Waals surface area contributed by atoms with Crippen molar-refractivity contribution < 1.29 is 4.79 Å². The van der Waals surface area contributed by atoms with E-state index < -0.39 is 0 Å². The highest BCUT2D eigenvalue weighted by Gasteiger charge is 2.21. The molecular formula is C27H21BrN4O2. The van der Waals surface area contributed by atoms with Crippen molar-refractivity contribution >= 4 is 38.4 Å². The van der Waals surface area contributed by atoms with Gasteiger partial charge in [-0.1, -0.05) is 64.5 Å². The summed E-state index contributed by atoms with van der Waals surface area (Å²) in [7, 11) is 1.80. The van der Waals surface area contributed by atoms with Gasteiger partial charge >= 0.3 is 0 Å². The lowest BCUT2D eigenvalue weighted by atomic mass is 10.0. The zero-order valence-electron chi connectivity index (χ0n) is 18.6. The van der Waals surface area contributed by atoms with Crippen molar-refractivity contribution in [2.24, 2.45) is 7.05 Å². The third-order valence-corrected chi connectivity index (χ3v) is 6.42. The molecule has 1 amide bonds. The van der Waals surface area contributed by atoms with Crippen molar-refractivity contribution in [2.75, 3.05) is 5.32 Å². The van der Waals surface area contributed by atoms with Gasteiger partial charge in [-0.05, 0) is 43.3 Å². The predicted octanol–water partition coefficient (Wildman–Crippen LogP) is 5.71. The van der Waals surface area contributed by atoms with Crippen LogP contribution in [-0.2, 0) is 7.05 Å². The van der Waals surface area contributed by atoms with Crippen LogP contribution in [0.4, 0.5) is 5.69 Å². The zero-order chi connectivity index (χ0) is 23.8. The number of nitrogens with zero attached hydrogens (tertiary/aromatic N) is 3. The number of hydrogen-bond acceptors (Lipinski definition) is 3. The first kappa shape index (κ1) is 21.9. The fraction of sp³-hybridized carbons (Fsp3) is 0.0741. The van der Waals surface area contributed by atoms with Crippen LogP contribution in [0.25, 0.3) is 27.8 Å². The summed E-state index contributed by atoms with van der Waals surface area (Å²) in [5, 5.41) is 3.60. The van der Waals surface area contributed by atoms with Gasteiger partial charge in [0.25, 0.3) is 11.5 Å². The van der Waals surface area contributed by atoms with E-state index in [2.05, 4.69) is 21.2 Å². The van der Waals surface area contributed by atoms with Gasteiger partial charge in [0.05, 0.1) is 28.2 Å². The number of hydrogen-bond donors (Lipinski definition) is 1. The zero-order valence-corrected chi connectivity index (χ0v) is 20.2. The van der Waals surface area contributed by atoms with Crippen molar-refractivity contribution in [3.8, 4) is 16.9 Å². The van der Waals surface area contributed by atoms with Crippen LogP contribution in [0.2, 0.25) is 0 Å². The Labute approximate surface area is 204 Å². The average Bonchev–Trinajstić information content (AvgIpc) is 3.07. The van der Waals surface area contributed by atoms with Gasteiger partial charge in [-0.3, -0.25) is 14.3 Å². The molecule has 1 N–H and O–H groups in total. The number of fused-ring (bicyclic) bond motifs is 1. The largest absolute Gasteiger partial charge is 0.316 e. The minimum Gasteiger partial charge on any atom is -0.316 e. The van der Waals surface area contributed by atoms with Crippen LogP contribution < -0.4 is 10.9 Å². The molecule has 6 nitrogen and oxygen atoms in total. The Morgan fingerprint density at radius 3 is 2.35 bits per heavy atom. The molecule has 0 aliphatic heterocycles. The van der Waals surface area contributed by atoms with E-state index in [1.54, 1.807) is 22.5 Å². The molecule has 0 radical (unpaired) electrons. The molecule has 0 bridgehead atoms. The van der Waals surface area contributed by atoms with E-state index in [0.29, 0.717) is 22.5 Å². The second-order valence-corrected chi connectivity index (χ2v) is 8.89. The van der Waals surface area contributed by atoms with E-state index in [1.807, 2.05) is 85.8 Å². The smallest absolute Gasteiger partial charge is 0.295 e. The van der Waals surface area contributed by atoms with Crippen LogP contribution in [0.3, 0.4) is 0 Å². The number of benzene rings is 3. The standard InChI is InChI=1S/C27H21BrN4O2/c1-17-25(27(34)32(31(17)2)20-8-4-3-5-9-20)30-26(33)22-16-24(18-12-14-19(28)15-13-18)29-23-11-7-6-10-21(22)23/h3-16H,1-2H3,(H,30,33). The third kappa shape index (κ3) is 3.84. The Kier molecular flexibility index (Phi) is 5.63. The first-order valence-corrected chi connectivity index (χ1v) is 11.5. The molecule has 0 saturated heterocycles. The SMILES string of the molecule is Cc1c(NC(=O)c2cc(-c3ccc(Br)cc3)nc3ccccc23)c(=O)n(-c2ccccc2)n1C. The normalized spacial score (nSPS) is 11.0. The van der Waals surface area contributed by atoms with E-state index >= 15 is 0 Å². The van der Waals surface area contributed by atoms with E-state index in [9.17, 15) is 9.59 Å². The van der Waals surface area contributed by atoms with Crippen LogP contribution in [0.5, 0.6) is 0 Å². The van der Waals surface area contributed by atoms with Crippen LogP contribution in [0.15, 0.2) is 94.2 Å². The number of carbonyl (C=O) groups is 1. The molecule has 0 saturated carbocycles. The van der Waals surface area contributed by atoms with E-state index in [-0.39, 0.29) is 17.2 Å². The summed E-state index contributed by atoms with van der Waals surface area (Å²) in [6.45, 7) is 1.81. The number of anilines is 1. The van der Waals surface area contributed by atoms with Crippen LogP contribution in [-0.4, -0.2) is 20.3 Å². The topological polar surface area (TPSA) is 68.9 Å². The summed E-state index contributed by atoms with van der Waals surface area (Å²) < 4.78 is 4.25. The third-order valence-electron chi connectivity index (χ3n) is 5.89. The van der Waals surface area contributed by atoms with Crippen molar-refractivity contribution in [1.82, 2.24) is 14.3 Å². The fourth-order valence-electron chi connectivity index (χ4n) is 4.02. The van der Waals surface area contributed by atoms with Gasteiger partial charge in [0.1, 0.15) is 5.69 Å². The molecule has 0 atom stereocenters. The van der Waals surface area contributed by atoms with Crippen molar-refractivity contribution in [3.63, 3.8) is 0 Å². The molecule has 2 aromatic heterocycles. The minimum atomic E-state index is -0.358. The van der Waals surface area contributed by atoms with Crippen molar-refractivity contribution in [2.45, 2.75) is 6.92 Å². The Morgan fingerprint density at radius 2 is 1.62 bits per heavy atom. The van der Waals surface area contributed by atoms with E-state index in [1.165, 1.54) is 0 Å². The molecule has 2 heterocycles. The maximum absolute atomic E-state index is 13.5. The van der Waals surface area contributed by atoms with E-state index in [4.69, 9.17) is 4.98 Å². The van der Waals surface area contributed by atoms with Crippen molar-refractivity contribution in [3.05, 3.63) is 111 Å². The number of pyridine rings is 1. The summed E-state index contributed by atoms with van der Waals surface area (Å²) in [5.74, 6) is -0.358. The van der Waals surface area contributed by atoms with Gasteiger partial charge in [0, 0.05) is 22.5 Å². The average molecular weight is 513 g/mol. The molecule has 34 heavy (non-hydrogen) atoms. The number of para-hydroxylation sites is 2. The van der Waals surface area contributed by atoms with Crippen LogP contribution in [0.1, 0.15) is 16.1 Å². The molecule has 5 aromatic rings. The number of halogens is 1. The Morgan fingerprint density at radius 1 is 0.941 bits per heavy atom. The number of aromatic nitrogens is 3. The van der Waals surface area contributed by atoms with E-state index in [0.717, 1.165) is 21.1 Å². The van der Waals surface area contributed by atoms with Gasteiger partial charge in [-0.2, -0.15) is 0 Å². The highest BCUT2D eigenvalue weighted by atomic mass is 79.9. The first-order valence-electron chi connectivity index (χ1n) is 10.7. The molecule has 0 aliphatic carbocycles. The summed E-state index contributed by atoms with van der Waals surface area (Å²) in [6.07, 6.45) is 0. The first-order chi connectivity index (χ1) is 16.4. The van der Waals surface area contributed by atoms with Gasteiger partial charge in [0.15, 0.2) is 0 Å². The predicted molar refractivity (Wildman–Crippen MR) is 139 cm³/mol. The summed E-state index contributed by atoms with van der Waals surface area (Å²) >= 11 is 3.45. The molecule has 0 spiro atoms. The second-order valence-electron chi connectivity index (χ2n) is 7.97. The van der Waals surface area contributed by atoms with Gasteiger partial charge in [-0.15, -0.1) is 0 Å². The molecule has 0 fully saturated rings. The molecule has 0 unspecified atom stereocenters. The second kappa shape index (κ2) is 8.76. The maximum atomic E-state index is 13.5. The molecule has 0 aliphatic rings. The molecule has 3 aromatic carbocycles. The molecule has 168 valence electrons. The lowest BCUT2D eigenvalue weighted by Crippen LogP contribution is -2.23. The number of nitrogens with one attached hydrogen (secondary N) is 1. The summed E-state index contributed by atoms with van der Waals surface area (Å²) in [4.78, 5) is 31.5.